The van der Waals surface area contributed by atoms with Crippen LogP contribution in [-0.2, 0) is 11.2 Å². The molecule has 1 nitrogen and oxygen atoms in total. The van der Waals surface area contributed by atoms with E-state index in [4.69, 9.17) is 0 Å². The van der Waals surface area contributed by atoms with Crippen molar-refractivity contribution in [2.45, 2.75) is 30.0 Å². The number of hydrogen-bond donors (Lipinski definition) is 1. The zero-order valence-corrected chi connectivity index (χ0v) is 10.7. The van der Waals surface area contributed by atoms with Gasteiger partial charge in [-0.15, -0.1) is 12.6 Å². The summed E-state index contributed by atoms with van der Waals surface area (Å²) in [6.45, 7) is 3.67. The molecule has 1 aromatic carbocycles. The van der Waals surface area contributed by atoms with Crippen LogP contribution in [0.3, 0.4) is 0 Å². The molecule has 0 aliphatic rings. The lowest BCUT2D eigenvalue weighted by molar-refractivity contribution is -0.116. The van der Waals surface area contributed by atoms with Crippen LogP contribution in [0, 0.1) is 0 Å². The maximum atomic E-state index is 11.2. The number of alkyl halides is 1. The number of ketones is 1. The third kappa shape index (κ3) is 2.85. The van der Waals surface area contributed by atoms with Crippen molar-refractivity contribution in [3.63, 3.8) is 0 Å². The lowest BCUT2D eigenvalue weighted by Gasteiger charge is -2.09. The number of benzene rings is 1. The summed E-state index contributed by atoms with van der Waals surface area (Å²) in [5.74, 6) is 0.117. The van der Waals surface area contributed by atoms with Crippen LogP contribution in [-0.4, -0.2) is 5.78 Å². The van der Waals surface area contributed by atoms with Gasteiger partial charge >= 0.3 is 0 Å². The van der Waals surface area contributed by atoms with Crippen molar-refractivity contribution in [2.75, 3.05) is 0 Å². The number of aryl methyl sites for hydroxylation is 1. The molecule has 0 N–H and O–H groups in total. The first-order chi connectivity index (χ1) is 6.54. The molecule has 1 atom stereocenters. The van der Waals surface area contributed by atoms with Crippen molar-refractivity contribution >= 4 is 34.3 Å². The molecule has 0 saturated carbocycles. The van der Waals surface area contributed by atoms with E-state index in [0.717, 1.165) is 16.9 Å². The maximum Gasteiger partial charge on any atom is 0.147 e. The van der Waals surface area contributed by atoms with Gasteiger partial charge in [0.15, 0.2) is 0 Å². The van der Waals surface area contributed by atoms with Crippen molar-refractivity contribution in [1.82, 2.24) is 0 Å². The lowest BCUT2D eigenvalue weighted by atomic mass is 10.0. The zero-order chi connectivity index (χ0) is 10.7. The second kappa shape index (κ2) is 4.99. The molecule has 76 valence electrons. The van der Waals surface area contributed by atoms with E-state index in [-0.39, 0.29) is 10.6 Å². The predicted octanol–water partition coefficient (Wildman–Crippen LogP) is 3.56. The minimum Gasteiger partial charge on any atom is -0.298 e. The standard InChI is InChI=1S/C11H13BrOS/c1-3-8-4-9(6-10(14)5-8)11(12)7(2)13/h4-6,11,14H,3H2,1-2H3. The van der Waals surface area contributed by atoms with Crippen LogP contribution >= 0.6 is 28.6 Å². The number of carbonyl (C=O) groups is 1. The molecule has 1 aromatic rings. The SMILES string of the molecule is CCc1cc(S)cc(C(Br)C(C)=O)c1. The monoisotopic (exact) mass is 272 g/mol. The van der Waals surface area contributed by atoms with Gasteiger partial charge in [0.1, 0.15) is 5.78 Å². The fraction of sp³-hybridized carbons (Fsp3) is 0.364. The number of thiol groups is 1. The number of halogens is 1. The van der Waals surface area contributed by atoms with Gasteiger partial charge in [-0.2, -0.15) is 0 Å². The van der Waals surface area contributed by atoms with Crippen LogP contribution in [0.5, 0.6) is 0 Å². The molecule has 0 aromatic heterocycles. The second-order valence-corrected chi connectivity index (χ2v) is 4.69. The average molecular weight is 273 g/mol. The Morgan fingerprint density at radius 2 is 2.14 bits per heavy atom. The van der Waals surface area contributed by atoms with Gasteiger partial charge in [0.2, 0.25) is 0 Å². The first-order valence-electron chi connectivity index (χ1n) is 4.52. The van der Waals surface area contributed by atoms with Crippen molar-refractivity contribution in [3.05, 3.63) is 29.3 Å². The Labute approximate surface area is 98.4 Å². The third-order valence-electron chi connectivity index (χ3n) is 2.06. The Hall–Kier alpha value is -0.280. The van der Waals surface area contributed by atoms with Gasteiger partial charge in [-0.25, -0.2) is 0 Å². The van der Waals surface area contributed by atoms with Gasteiger partial charge in [0, 0.05) is 4.90 Å². The van der Waals surface area contributed by atoms with E-state index < -0.39 is 0 Å². The number of hydrogen-bond acceptors (Lipinski definition) is 2. The van der Waals surface area contributed by atoms with Crippen molar-refractivity contribution in [3.8, 4) is 0 Å². The normalized spacial score (nSPS) is 12.6. The highest BCUT2D eigenvalue weighted by Crippen LogP contribution is 2.27. The first kappa shape index (κ1) is 11.8. The van der Waals surface area contributed by atoms with Crippen LogP contribution in [0.1, 0.15) is 29.8 Å². The zero-order valence-electron chi connectivity index (χ0n) is 8.25. The third-order valence-corrected chi connectivity index (χ3v) is 3.49. The molecular formula is C11H13BrOS. The lowest BCUT2D eigenvalue weighted by Crippen LogP contribution is -2.01. The summed E-state index contributed by atoms with van der Waals surface area (Å²) in [7, 11) is 0. The Bertz CT molecular complexity index is 349. The summed E-state index contributed by atoms with van der Waals surface area (Å²) in [4.78, 5) is 11.9. The average Bonchev–Trinajstić information content (AvgIpc) is 2.15. The number of rotatable bonds is 3. The number of Topliss-reactive ketones (excluding diaryl/α,β-unsaturated/α-hetero) is 1. The summed E-state index contributed by atoms with van der Waals surface area (Å²) in [5, 5.41) is 0. The van der Waals surface area contributed by atoms with Crippen LogP contribution in [0.25, 0.3) is 0 Å². The van der Waals surface area contributed by atoms with E-state index in [1.54, 1.807) is 6.92 Å². The molecular weight excluding hydrogens is 260 g/mol. The molecule has 0 fully saturated rings. The van der Waals surface area contributed by atoms with Gasteiger partial charge in [-0.3, -0.25) is 4.79 Å². The van der Waals surface area contributed by atoms with E-state index in [1.807, 2.05) is 18.2 Å². The Kier molecular flexibility index (Phi) is 4.20. The molecule has 14 heavy (non-hydrogen) atoms. The van der Waals surface area contributed by atoms with Gasteiger partial charge in [0.25, 0.3) is 0 Å². The Morgan fingerprint density at radius 1 is 1.50 bits per heavy atom. The molecule has 1 rings (SSSR count). The number of carbonyl (C=O) groups excluding carboxylic acids is 1. The molecule has 0 radical (unpaired) electrons. The smallest absolute Gasteiger partial charge is 0.147 e. The Morgan fingerprint density at radius 3 is 2.64 bits per heavy atom. The van der Waals surface area contributed by atoms with Crippen LogP contribution in [0.2, 0.25) is 0 Å². The summed E-state index contributed by atoms with van der Waals surface area (Å²) in [5.41, 5.74) is 2.19. The summed E-state index contributed by atoms with van der Waals surface area (Å²) in [6.07, 6.45) is 0.957. The summed E-state index contributed by atoms with van der Waals surface area (Å²) >= 11 is 7.67. The molecule has 0 heterocycles. The largest absolute Gasteiger partial charge is 0.298 e. The molecule has 0 saturated heterocycles. The van der Waals surface area contributed by atoms with E-state index in [0.29, 0.717) is 0 Å². The molecule has 0 aliphatic carbocycles. The van der Waals surface area contributed by atoms with E-state index in [2.05, 4.69) is 35.5 Å². The van der Waals surface area contributed by atoms with Gasteiger partial charge in [0.05, 0.1) is 4.83 Å². The summed E-state index contributed by atoms with van der Waals surface area (Å²) < 4.78 is 0. The van der Waals surface area contributed by atoms with Gasteiger partial charge < -0.3 is 0 Å². The predicted molar refractivity (Wildman–Crippen MR) is 65.4 cm³/mol. The molecule has 1 unspecified atom stereocenters. The highest BCUT2D eigenvalue weighted by molar-refractivity contribution is 9.09. The van der Waals surface area contributed by atoms with Crippen molar-refractivity contribution in [2.24, 2.45) is 0 Å². The van der Waals surface area contributed by atoms with Crippen molar-refractivity contribution < 1.29 is 4.79 Å². The van der Waals surface area contributed by atoms with Crippen LogP contribution in [0.15, 0.2) is 23.1 Å². The fourth-order valence-corrected chi connectivity index (χ4v) is 1.86. The topological polar surface area (TPSA) is 17.1 Å². The van der Waals surface area contributed by atoms with Gasteiger partial charge in [-0.05, 0) is 36.6 Å². The minimum absolute atomic E-state index is 0.117. The quantitative estimate of drug-likeness (QED) is 0.658. The van der Waals surface area contributed by atoms with E-state index in [1.165, 1.54) is 5.56 Å². The first-order valence-corrected chi connectivity index (χ1v) is 5.88. The molecule has 0 spiro atoms. The minimum atomic E-state index is -0.208. The molecule has 3 heteroatoms. The van der Waals surface area contributed by atoms with E-state index >= 15 is 0 Å². The van der Waals surface area contributed by atoms with Crippen LogP contribution in [0.4, 0.5) is 0 Å². The van der Waals surface area contributed by atoms with Crippen LogP contribution < -0.4 is 0 Å². The van der Waals surface area contributed by atoms with E-state index in [9.17, 15) is 4.79 Å². The molecule has 0 amide bonds. The summed E-state index contributed by atoms with van der Waals surface area (Å²) in [6, 6.07) is 5.98. The Balaban J connectivity index is 3.08. The van der Waals surface area contributed by atoms with Crippen molar-refractivity contribution in [1.29, 1.82) is 0 Å². The maximum absolute atomic E-state index is 11.2. The highest BCUT2D eigenvalue weighted by Gasteiger charge is 2.13. The highest BCUT2D eigenvalue weighted by atomic mass is 79.9. The molecule has 0 aliphatic heterocycles. The fourth-order valence-electron chi connectivity index (χ4n) is 1.28. The van der Waals surface area contributed by atoms with Gasteiger partial charge in [-0.1, -0.05) is 28.9 Å². The molecule has 0 bridgehead atoms. The second-order valence-electron chi connectivity index (χ2n) is 3.26.